The maximum absolute atomic E-state index is 11.3. The number of carbonyl (C=O) groups is 1. The molecular formula is C10H14N2O2S. The minimum Gasteiger partial charge on any atom is -0.366 e. The molecule has 2 heterocycles. The highest BCUT2D eigenvalue weighted by Gasteiger charge is 2.17. The van der Waals surface area contributed by atoms with E-state index in [1.807, 2.05) is 17.5 Å². The molecule has 0 radical (unpaired) electrons. The average molecular weight is 226 g/mol. The van der Waals surface area contributed by atoms with Gasteiger partial charge >= 0.3 is 0 Å². The molecule has 1 aliphatic heterocycles. The van der Waals surface area contributed by atoms with Gasteiger partial charge in [-0.25, -0.2) is 0 Å². The van der Waals surface area contributed by atoms with Crippen LogP contribution >= 0.6 is 11.3 Å². The quantitative estimate of drug-likeness (QED) is 0.762. The summed E-state index contributed by atoms with van der Waals surface area (Å²) in [5.74, 6) is -0.0460. The lowest BCUT2D eigenvalue weighted by molar-refractivity contribution is -0.128. The molecule has 2 N–H and O–H groups in total. The first kappa shape index (κ1) is 10.6. The van der Waals surface area contributed by atoms with Crippen molar-refractivity contribution >= 4 is 17.2 Å². The monoisotopic (exact) mass is 226 g/mol. The topological polar surface area (TPSA) is 50.4 Å². The molecule has 1 amide bonds. The molecule has 0 aromatic carbocycles. The molecule has 1 fully saturated rings. The molecule has 0 bridgehead atoms. The first-order chi connectivity index (χ1) is 7.34. The summed E-state index contributed by atoms with van der Waals surface area (Å²) in [5.41, 5.74) is 0. The third-order valence-electron chi connectivity index (χ3n) is 2.23. The number of nitrogens with one attached hydrogen (secondary N) is 2. The molecule has 0 spiro atoms. The van der Waals surface area contributed by atoms with Crippen molar-refractivity contribution in [3.8, 4) is 0 Å². The second-order valence-corrected chi connectivity index (χ2v) is 4.48. The summed E-state index contributed by atoms with van der Waals surface area (Å²) in [5, 5.41) is 7.90. The Kier molecular flexibility index (Phi) is 3.71. The van der Waals surface area contributed by atoms with Gasteiger partial charge in [0.2, 0.25) is 5.91 Å². The second kappa shape index (κ2) is 5.25. The van der Waals surface area contributed by atoms with Gasteiger partial charge in [-0.05, 0) is 11.4 Å². The molecule has 0 saturated carbocycles. The van der Waals surface area contributed by atoms with Gasteiger partial charge in [-0.1, -0.05) is 6.07 Å². The molecule has 2 rings (SSSR count). The van der Waals surface area contributed by atoms with E-state index < -0.39 is 0 Å². The predicted molar refractivity (Wildman–Crippen MR) is 58.8 cm³/mol. The SMILES string of the molecule is O=C(COC1CNC1)NCc1cccs1. The van der Waals surface area contributed by atoms with Gasteiger partial charge in [-0.3, -0.25) is 4.79 Å². The number of rotatable bonds is 5. The van der Waals surface area contributed by atoms with Crippen molar-refractivity contribution in [2.45, 2.75) is 12.6 Å². The van der Waals surface area contributed by atoms with Crippen LogP contribution in [0, 0.1) is 0 Å². The summed E-state index contributed by atoms with van der Waals surface area (Å²) in [6.45, 7) is 2.48. The number of hydrogen-bond acceptors (Lipinski definition) is 4. The summed E-state index contributed by atoms with van der Waals surface area (Å²) < 4.78 is 5.34. The van der Waals surface area contributed by atoms with Gasteiger partial charge in [0, 0.05) is 18.0 Å². The largest absolute Gasteiger partial charge is 0.366 e. The molecule has 1 saturated heterocycles. The number of carbonyl (C=O) groups excluding carboxylic acids is 1. The molecular weight excluding hydrogens is 212 g/mol. The van der Waals surface area contributed by atoms with E-state index in [1.54, 1.807) is 11.3 Å². The van der Waals surface area contributed by atoms with Gasteiger partial charge in [0.1, 0.15) is 6.61 Å². The van der Waals surface area contributed by atoms with Crippen LogP contribution in [-0.2, 0) is 16.1 Å². The van der Waals surface area contributed by atoms with Gasteiger partial charge < -0.3 is 15.4 Å². The molecule has 5 heteroatoms. The summed E-state index contributed by atoms with van der Waals surface area (Å²) in [7, 11) is 0. The van der Waals surface area contributed by atoms with Crippen molar-refractivity contribution < 1.29 is 9.53 Å². The van der Waals surface area contributed by atoms with E-state index in [1.165, 1.54) is 0 Å². The Hall–Kier alpha value is -0.910. The second-order valence-electron chi connectivity index (χ2n) is 3.45. The van der Waals surface area contributed by atoms with Gasteiger partial charge in [0.05, 0.1) is 12.6 Å². The molecule has 1 aliphatic rings. The van der Waals surface area contributed by atoms with Gasteiger partial charge in [0.25, 0.3) is 0 Å². The smallest absolute Gasteiger partial charge is 0.246 e. The third-order valence-corrected chi connectivity index (χ3v) is 3.11. The first-order valence-electron chi connectivity index (χ1n) is 4.96. The fourth-order valence-corrected chi connectivity index (χ4v) is 1.87. The summed E-state index contributed by atoms with van der Waals surface area (Å²) in [6.07, 6.45) is 0.220. The van der Waals surface area contributed by atoms with E-state index in [9.17, 15) is 4.79 Å². The molecule has 0 unspecified atom stereocenters. The van der Waals surface area contributed by atoms with Crippen LogP contribution in [0.15, 0.2) is 17.5 Å². The van der Waals surface area contributed by atoms with Crippen molar-refractivity contribution in [2.75, 3.05) is 19.7 Å². The van der Waals surface area contributed by atoms with E-state index in [2.05, 4.69) is 10.6 Å². The lowest BCUT2D eigenvalue weighted by atomic mass is 10.2. The molecule has 4 nitrogen and oxygen atoms in total. The Bertz CT molecular complexity index is 309. The van der Waals surface area contributed by atoms with Crippen molar-refractivity contribution in [1.29, 1.82) is 0 Å². The molecule has 82 valence electrons. The number of amides is 1. The van der Waals surface area contributed by atoms with Crippen molar-refractivity contribution in [2.24, 2.45) is 0 Å². The molecule has 0 aliphatic carbocycles. The minimum atomic E-state index is -0.0460. The third kappa shape index (κ3) is 3.30. The van der Waals surface area contributed by atoms with E-state index >= 15 is 0 Å². The Balaban J connectivity index is 1.60. The van der Waals surface area contributed by atoms with Crippen LogP contribution in [0.4, 0.5) is 0 Å². The van der Waals surface area contributed by atoms with Gasteiger partial charge in [-0.15, -0.1) is 11.3 Å². The summed E-state index contributed by atoms with van der Waals surface area (Å²) >= 11 is 1.64. The van der Waals surface area contributed by atoms with Crippen molar-refractivity contribution in [3.63, 3.8) is 0 Å². The zero-order valence-electron chi connectivity index (χ0n) is 8.36. The predicted octanol–water partition coefficient (Wildman–Crippen LogP) is 0.353. The maximum atomic E-state index is 11.3. The lowest BCUT2D eigenvalue weighted by Gasteiger charge is -2.26. The van der Waals surface area contributed by atoms with Crippen LogP contribution in [0.5, 0.6) is 0 Å². The van der Waals surface area contributed by atoms with Crippen LogP contribution in [0.1, 0.15) is 4.88 Å². The number of thiophene rings is 1. The average Bonchev–Trinajstić information content (AvgIpc) is 2.64. The minimum absolute atomic E-state index is 0.0460. The zero-order chi connectivity index (χ0) is 10.5. The lowest BCUT2D eigenvalue weighted by Crippen LogP contribution is -2.49. The van der Waals surface area contributed by atoms with E-state index in [0.717, 1.165) is 18.0 Å². The Morgan fingerprint density at radius 2 is 2.53 bits per heavy atom. The zero-order valence-corrected chi connectivity index (χ0v) is 9.18. The van der Waals surface area contributed by atoms with Crippen LogP contribution in [0.2, 0.25) is 0 Å². The van der Waals surface area contributed by atoms with E-state index in [-0.39, 0.29) is 18.6 Å². The number of hydrogen-bond donors (Lipinski definition) is 2. The standard InChI is InChI=1S/C10H14N2O2S/c13-10(7-14-8-4-11-5-8)12-6-9-2-1-3-15-9/h1-3,8,11H,4-7H2,(H,12,13). The van der Waals surface area contributed by atoms with E-state index in [4.69, 9.17) is 4.74 Å². The fraction of sp³-hybridized carbons (Fsp3) is 0.500. The normalized spacial score (nSPS) is 16.0. The molecule has 1 aromatic heterocycles. The van der Waals surface area contributed by atoms with Crippen LogP contribution < -0.4 is 10.6 Å². The highest BCUT2D eigenvalue weighted by Crippen LogP contribution is 2.07. The highest BCUT2D eigenvalue weighted by molar-refractivity contribution is 7.09. The van der Waals surface area contributed by atoms with Crippen LogP contribution in [0.25, 0.3) is 0 Å². The highest BCUT2D eigenvalue weighted by atomic mass is 32.1. The molecule has 15 heavy (non-hydrogen) atoms. The summed E-state index contributed by atoms with van der Waals surface area (Å²) in [4.78, 5) is 12.5. The fourth-order valence-electron chi connectivity index (χ4n) is 1.22. The van der Waals surface area contributed by atoms with Gasteiger partial charge in [0.15, 0.2) is 0 Å². The summed E-state index contributed by atoms with van der Waals surface area (Å²) in [6, 6.07) is 3.98. The maximum Gasteiger partial charge on any atom is 0.246 e. The first-order valence-corrected chi connectivity index (χ1v) is 5.84. The Morgan fingerprint density at radius 3 is 3.13 bits per heavy atom. The molecule has 1 aromatic rings. The van der Waals surface area contributed by atoms with Crippen molar-refractivity contribution in [3.05, 3.63) is 22.4 Å². The van der Waals surface area contributed by atoms with E-state index in [0.29, 0.717) is 6.54 Å². The van der Waals surface area contributed by atoms with Crippen molar-refractivity contribution in [1.82, 2.24) is 10.6 Å². The number of ether oxygens (including phenoxy) is 1. The van der Waals surface area contributed by atoms with Gasteiger partial charge in [-0.2, -0.15) is 0 Å². The molecule has 0 atom stereocenters. The Labute approximate surface area is 92.6 Å². The Morgan fingerprint density at radius 1 is 1.67 bits per heavy atom. The van der Waals surface area contributed by atoms with Crippen LogP contribution in [-0.4, -0.2) is 31.7 Å². The van der Waals surface area contributed by atoms with Crippen LogP contribution in [0.3, 0.4) is 0 Å².